The van der Waals surface area contributed by atoms with E-state index >= 15 is 0 Å². The molecular formula is C3H8Cl18Si9. The largest absolute Gasteiger partial charge is 0.358 e. The Labute approximate surface area is 267 Å². The molecular weight excluding hydrogens is 927 g/mol. The third kappa shape index (κ3) is 7.08. The first-order valence-corrected chi connectivity index (χ1v) is 51.5. The first-order valence-electron chi connectivity index (χ1n) is 6.86. The average molecular weight is 935 g/mol. The van der Waals surface area contributed by atoms with Crippen molar-refractivity contribution in [2.45, 2.75) is 18.8 Å². The summed E-state index contributed by atoms with van der Waals surface area (Å²) >= 11 is 119. The second-order valence-corrected chi connectivity index (χ2v) is 127. The Morgan fingerprint density at radius 3 is 1.00 bits per heavy atom. The van der Waals surface area contributed by atoms with Gasteiger partial charge in [0.1, 0.15) is 0 Å². The second-order valence-electron chi connectivity index (χ2n) is 6.29. The zero-order valence-corrected chi connectivity index (χ0v) is 36.6. The molecule has 1 atom stereocenters. The maximum absolute atomic E-state index is 7.21. The molecule has 0 aliphatic rings. The van der Waals surface area contributed by atoms with Gasteiger partial charge in [-0.15, -0.1) is 188 Å². The summed E-state index contributed by atoms with van der Waals surface area (Å²) in [6.07, 6.45) is -7.50. The number of rotatable bonds is 9. The maximum atomic E-state index is 7.21. The van der Waals surface area contributed by atoms with Crippen LogP contribution in [0.25, 0.3) is 0 Å². The van der Waals surface area contributed by atoms with Crippen molar-refractivity contribution < 1.29 is 0 Å². The zero-order chi connectivity index (χ0) is 25.2. The lowest BCUT2D eigenvalue weighted by atomic mass is 11.8. The van der Waals surface area contributed by atoms with Gasteiger partial charge < -0.3 is 0 Å². The Morgan fingerprint density at radius 2 is 0.767 bits per heavy atom. The molecule has 1 unspecified atom stereocenters. The van der Waals surface area contributed by atoms with Crippen molar-refractivity contribution >= 4 is 253 Å². The van der Waals surface area contributed by atoms with Gasteiger partial charge >= 0.3 is 11.2 Å². The van der Waals surface area contributed by atoms with E-state index in [1.54, 1.807) is 6.55 Å². The normalized spacial score (nSPS) is 18.4. The summed E-state index contributed by atoms with van der Waals surface area (Å²) < 4.78 is 0. The lowest BCUT2D eigenvalue weighted by molar-refractivity contribution is 1.89. The Morgan fingerprint density at radius 1 is 0.433 bits per heavy atom. The van der Waals surface area contributed by atoms with Gasteiger partial charge in [0.2, 0.25) is 12.6 Å². The van der Waals surface area contributed by atoms with Crippen LogP contribution in [0, 0.1) is 0 Å². The lowest BCUT2D eigenvalue weighted by Gasteiger charge is -2.52. The van der Waals surface area contributed by atoms with Crippen molar-refractivity contribution in [2.24, 2.45) is 0 Å². The number of hydrogen-bond donors (Lipinski definition) is 0. The van der Waals surface area contributed by atoms with E-state index in [0.717, 1.165) is 0 Å². The Bertz CT molecular complexity index is 626. The van der Waals surface area contributed by atoms with Crippen LogP contribution in [0.15, 0.2) is 0 Å². The van der Waals surface area contributed by atoms with E-state index in [1.165, 1.54) is 6.55 Å². The minimum atomic E-state index is -4.45. The highest BCUT2D eigenvalue weighted by atomic mass is 35.9. The van der Waals surface area contributed by atoms with E-state index in [4.69, 9.17) is 199 Å². The first-order chi connectivity index (χ1) is 12.5. The van der Waals surface area contributed by atoms with Crippen molar-refractivity contribution in [3.05, 3.63) is 0 Å². The van der Waals surface area contributed by atoms with E-state index in [9.17, 15) is 0 Å². The lowest BCUT2D eigenvalue weighted by Crippen LogP contribution is -2.90. The van der Waals surface area contributed by atoms with Crippen molar-refractivity contribution in [3.8, 4) is 0 Å². The molecule has 0 fully saturated rings. The van der Waals surface area contributed by atoms with Crippen LogP contribution in [0.4, 0.5) is 0 Å². The predicted octanol–water partition coefficient (Wildman–Crippen LogP) is 10.6. The quantitative estimate of drug-likeness (QED) is 0.160. The molecule has 0 aromatic rings. The first kappa shape index (κ1) is 37.2. The Kier molecular flexibility index (Phi) is 14.3. The Hall–Kier alpha value is 7.17. The van der Waals surface area contributed by atoms with Crippen molar-refractivity contribution in [1.82, 2.24) is 0 Å². The fourth-order valence-electron chi connectivity index (χ4n) is 2.06. The highest BCUT2D eigenvalue weighted by Gasteiger charge is 2.90. The van der Waals surface area contributed by atoms with Crippen LogP contribution in [-0.2, 0) is 0 Å². The van der Waals surface area contributed by atoms with Gasteiger partial charge in [0.05, 0.1) is 0 Å². The van der Waals surface area contributed by atoms with Crippen LogP contribution in [0.3, 0.4) is 0 Å². The molecule has 0 radical (unpaired) electrons. The van der Waals surface area contributed by atoms with E-state index in [-0.39, 0.29) is 5.67 Å². The molecule has 27 heteroatoms. The summed E-state index contributed by atoms with van der Waals surface area (Å²) in [6, 6.07) is 0. The van der Waals surface area contributed by atoms with E-state index in [1.807, 2.05) is 0 Å². The molecule has 0 spiro atoms. The summed E-state index contributed by atoms with van der Waals surface area (Å²) in [5.41, 5.74) is -21.2. The number of halogens is 18. The van der Waals surface area contributed by atoms with Crippen LogP contribution in [-0.4, -0.2) is 53.5 Å². The Balaban J connectivity index is 7.36. The summed E-state index contributed by atoms with van der Waals surface area (Å²) in [5.74, 6) is -4.35. The fourth-order valence-corrected chi connectivity index (χ4v) is 342. The van der Waals surface area contributed by atoms with Gasteiger partial charge in [-0.1, -0.05) is 0 Å². The highest BCUT2D eigenvalue weighted by molar-refractivity contribution is 8.46. The smallest absolute Gasteiger partial charge is 0.168 e. The van der Waals surface area contributed by atoms with Crippen LogP contribution in [0.1, 0.15) is 0 Å². The molecule has 0 saturated carbocycles. The minimum absolute atomic E-state index is 0.134. The molecule has 0 saturated heterocycles. The molecule has 30 heavy (non-hydrogen) atoms. The minimum Gasteiger partial charge on any atom is -0.168 e. The number of hydrogen-bond acceptors (Lipinski definition) is 0. The molecule has 0 N–H and O–H groups in total. The van der Waals surface area contributed by atoms with Crippen molar-refractivity contribution in [2.75, 3.05) is 0 Å². The fraction of sp³-hybridized carbons (Fsp3) is 1.00. The van der Waals surface area contributed by atoms with E-state index < -0.39 is 53.5 Å². The molecule has 0 bridgehead atoms. The third-order valence-corrected chi connectivity index (χ3v) is 229. The van der Waals surface area contributed by atoms with E-state index in [2.05, 4.69) is 0 Å². The van der Waals surface area contributed by atoms with Crippen molar-refractivity contribution in [3.63, 3.8) is 0 Å². The summed E-state index contributed by atoms with van der Waals surface area (Å²) in [4.78, 5) is 0. The van der Waals surface area contributed by atoms with Crippen LogP contribution >= 0.6 is 199 Å². The van der Waals surface area contributed by atoms with E-state index in [0.29, 0.717) is 0 Å². The molecule has 182 valence electrons. The molecule has 0 aromatic heterocycles. The molecule has 0 aromatic carbocycles. The highest BCUT2D eigenvalue weighted by Crippen LogP contribution is 2.62. The average Bonchev–Trinajstić information content (AvgIpc) is 2.40. The molecule has 0 aliphatic carbocycles. The van der Waals surface area contributed by atoms with Crippen molar-refractivity contribution in [1.29, 1.82) is 0 Å². The molecule has 0 heterocycles. The van der Waals surface area contributed by atoms with Gasteiger partial charge in [-0.2, -0.15) is 11.1 Å². The molecule has 0 amide bonds. The second kappa shape index (κ2) is 11.6. The van der Waals surface area contributed by atoms with Crippen LogP contribution in [0.2, 0.25) is 18.8 Å². The molecule has 0 aliphatic heterocycles. The summed E-state index contributed by atoms with van der Waals surface area (Å²) in [6.45, 7) is -0.0292. The summed E-state index contributed by atoms with van der Waals surface area (Å²) in [7, 11) is 0. The van der Waals surface area contributed by atoms with Gasteiger partial charge in [-0.25, -0.2) is 0 Å². The SMILES string of the molecule is C[Si](Cl)(Cl)C[Si](Cl)(Cl)[Si](Cl)([Si](Cl)(Cl)[Si](C)(Cl)Cl)[Si](Cl)(Cl)[Si](Cl)(Cl)[Si](Cl)(Cl)[Si](Cl)(Cl)Cl. The topological polar surface area (TPSA) is 0 Å². The van der Waals surface area contributed by atoms with Crippen LogP contribution in [0.5, 0.6) is 0 Å². The zero-order valence-electron chi connectivity index (χ0n) is 14.0. The third-order valence-electron chi connectivity index (χ3n) is 3.60. The summed E-state index contributed by atoms with van der Waals surface area (Å²) in [5, 5.41) is 0. The van der Waals surface area contributed by atoms with Gasteiger partial charge in [0.25, 0.3) is 29.6 Å². The van der Waals surface area contributed by atoms with Gasteiger partial charge in [-0.3, -0.25) is 0 Å². The van der Waals surface area contributed by atoms with Gasteiger partial charge in [0.15, 0.2) is 0 Å². The predicted molar refractivity (Wildman–Crippen MR) is 174 cm³/mol. The monoisotopic (exact) mass is 925 g/mol. The standard InChI is InChI=1S/C3H8Cl18Si9/c1-22(4,5)3-24(8,9)30(21,26(13,14)23(2,6)7)29(19,20)28(17,18)27(15,16)25(10,11)12/h3H2,1-2H3. The van der Waals surface area contributed by atoms with Crippen LogP contribution < -0.4 is 0 Å². The molecule has 0 nitrogen and oxygen atoms in total. The van der Waals surface area contributed by atoms with Gasteiger partial charge in [0, 0.05) is 0 Å². The molecule has 0 rings (SSSR count). The van der Waals surface area contributed by atoms with Gasteiger partial charge in [-0.05, 0) is 18.8 Å². The maximum Gasteiger partial charge on any atom is 0.358 e.